The molecule has 4 atom stereocenters. The zero-order valence-electron chi connectivity index (χ0n) is 60.0. The second-order valence-electron chi connectivity index (χ2n) is 26.8. The fourth-order valence-corrected chi connectivity index (χ4v) is 11.7. The third kappa shape index (κ3) is 18.0. The van der Waals surface area contributed by atoms with Crippen molar-refractivity contribution in [2.24, 2.45) is 17.3 Å². The molecule has 536 valence electrons. The topological polar surface area (TPSA) is 369 Å². The fourth-order valence-electron chi connectivity index (χ4n) is 11.5. The molecular weight excluding hydrogens is 1300 g/mol. The van der Waals surface area contributed by atoms with E-state index in [-0.39, 0.29) is 87.9 Å². The molecule has 4 unspecified atom stereocenters. The minimum absolute atomic E-state index is 0.0549. The van der Waals surface area contributed by atoms with E-state index >= 15 is 0 Å². The number of ketones is 1. The van der Waals surface area contributed by atoms with Gasteiger partial charge in [0.05, 0.1) is 53.3 Å². The normalized spacial score (nSPS) is 19.8. The number of carbonyl (C=O) groups excluding carboxylic acids is 7. The van der Waals surface area contributed by atoms with Crippen LogP contribution < -0.4 is 4.74 Å². The molecule has 3 fully saturated rings. The summed E-state index contributed by atoms with van der Waals surface area (Å²) in [4.78, 5) is 103. The summed E-state index contributed by atoms with van der Waals surface area (Å²) >= 11 is 5.84. The Kier molecular flexibility index (Phi) is 24.3. The molecule has 10 heterocycles. The number of aliphatic hydroxyl groups is 3. The molecule has 99 heavy (non-hydrogen) atoms. The molecule has 4 amide bonds. The number of esters is 2. The minimum Gasteiger partial charge on any atom is -0.512 e. The first-order chi connectivity index (χ1) is 46.3. The van der Waals surface area contributed by atoms with Crippen LogP contribution >= 0.6 is 11.6 Å². The van der Waals surface area contributed by atoms with E-state index in [9.17, 15) is 43.8 Å². The number of imidazole rings is 3. The number of nitrogens with zero attached hydrogens (tertiary/aromatic N) is 9. The number of hydrogen-bond acceptors (Lipinski definition) is 20. The van der Waals surface area contributed by atoms with Crippen molar-refractivity contribution in [2.45, 2.75) is 213 Å². The van der Waals surface area contributed by atoms with Crippen molar-refractivity contribution in [2.75, 3.05) is 6.61 Å². The van der Waals surface area contributed by atoms with Gasteiger partial charge in [0.25, 0.3) is 23.5 Å². The van der Waals surface area contributed by atoms with Gasteiger partial charge >= 0.3 is 11.9 Å². The number of rotatable bonds is 7. The molecule has 1 saturated carbocycles. The van der Waals surface area contributed by atoms with Crippen LogP contribution in [0.3, 0.4) is 0 Å². The molecule has 2 saturated heterocycles. The van der Waals surface area contributed by atoms with Crippen molar-refractivity contribution in [3.8, 4) is 17.3 Å². The van der Waals surface area contributed by atoms with Crippen molar-refractivity contribution in [3.63, 3.8) is 0 Å². The van der Waals surface area contributed by atoms with E-state index < -0.39 is 29.6 Å². The predicted molar refractivity (Wildman–Crippen MR) is 365 cm³/mol. The highest BCUT2D eigenvalue weighted by atomic mass is 35.5. The molecular formula is C70H94ClN13O15. The number of halogens is 1. The molecule has 7 N–H and O–H groups in total. The lowest BCUT2D eigenvalue weighted by atomic mass is 9.77. The van der Waals surface area contributed by atoms with Gasteiger partial charge in [0.1, 0.15) is 27.9 Å². The molecule has 1 aromatic carbocycles. The first kappa shape index (κ1) is 76.6. The number of carbonyl (C=O) groups is 7. The first-order valence-corrected chi connectivity index (χ1v) is 33.3. The lowest BCUT2D eigenvalue weighted by Gasteiger charge is -2.38. The van der Waals surface area contributed by atoms with Gasteiger partial charge in [-0.05, 0) is 108 Å². The van der Waals surface area contributed by atoms with E-state index in [1.807, 2.05) is 111 Å². The molecule has 28 nitrogen and oxygen atoms in total. The molecule has 29 heteroatoms. The summed E-state index contributed by atoms with van der Waals surface area (Å²) in [5.41, 5.74) is 10.2. The predicted octanol–water partition coefficient (Wildman–Crippen LogP) is 12.6. The third-order valence-corrected chi connectivity index (χ3v) is 18.0. The number of nitrogens with one attached hydrogen (secondary N) is 4. The lowest BCUT2D eigenvalue weighted by molar-refractivity contribution is -0.249. The molecule has 6 aliphatic rings. The maximum absolute atomic E-state index is 12.2. The van der Waals surface area contributed by atoms with Gasteiger partial charge in [-0.15, -0.1) is 10.2 Å². The molecule has 4 aliphatic heterocycles. The Balaban J connectivity index is 0.000000166. The largest absolute Gasteiger partial charge is 0.512 e. The number of H-pyrrole nitrogens is 4. The summed E-state index contributed by atoms with van der Waals surface area (Å²) in [6.45, 7) is 35.1. The van der Waals surface area contributed by atoms with Gasteiger partial charge in [-0.25, -0.2) is 33.6 Å². The van der Waals surface area contributed by atoms with Crippen molar-refractivity contribution in [1.82, 2.24) is 64.1 Å². The van der Waals surface area contributed by atoms with Crippen molar-refractivity contribution in [1.29, 1.82) is 0 Å². The minimum atomic E-state index is -1.05. The van der Waals surface area contributed by atoms with E-state index in [2.05, 4.69) is 45.3 Å². The Labute approximate surface area is 579 Å². The Morgan fingerprint density at radius 1 is 0.646 bits per heavy atom. The molecule has 1 spiro atoms. The highest BCUT2D eigenvalue weighted by Crippen LogP contribution is 2.39. The van der Waals surface area contributed by atoms with Crippen LogP contribution in [0.4, 0.5) is 0 Å². The SMILES string of the molecule is CC1=C(O)CC(C)(C)CC1=O.CC1=C(O)OC(C)(C)OC1=O.CC1=C(O)OC2(CCCCC2)OC1=O.CCOc1[nH]n2c(C(C)N3C(=O)CC(C)C3=O)nnc2c1C.Cc1[nH]c(-c2ccccc2)nc1Cl.Cc1[nH]n2c(C(C)N3C(=O)CC(C)C3=O)cnc2c1C.Cc1nc(C)c(C)[nH]1. The van der Waals surface area contributed by atoms with Gasteiger partial charge < -0.3 is 49.0 Å². The van der Waals surface area contributed by atoms with Crippen molar-refractivity contribution in [3.05, 3.63) is 127 Å². The van der Waals surface area contributed by atoms with Gasteiger partial charge in [-0.1, -0.05) is 76.0 Å². The monoisotopic (exact) mass is 1390 g/mol. The Bertz CT molecular complexity index is 4160. The molecule has 13 rings (SSSR count). The Morgan fingerprint density at radius 2 is 1.22 bits per heavy atom. The van der Waals surface area contributed by atoms with Crippen molar-refractivity contribution < 1.29 is 72.6 Å². The number of allylic oxidation sites excluding steroid dienone is 2. The highest BCUT2D eigenvalue weighted by Gasteiger charge is 2.45. The number of aryl methyl sites for hydroxylation is 7. The summed E-state index contributed by atoms with van der Waals surface area (Å²) in [7, 11) is 0. The number of hydrogen-bond donors (Lipinski definition) is 7. The van der Waals surface area contributed by atoms with Gasteiger partial charge in [-0.3, -0.25) is 44.0 Å². The summed E-state index contributed by atoms with van der Waals surface area (Å²) in [6.07, 6.45) is 7.89. The van der Waals surface area contributed by atoms with Crippen LogP contribution in [-0.2, 0) is 52.5 Å². The van der Waals surface area contributed by atoms with Crippen LogP contribution in [0.15, 0.2) is 70.9 Å². The van der Waals surface area contributed by atoms with E-state index in [0.29, 0.717) is 66.8 Å². The highest BCUT2D eigenvalue weighted by molar-refractivity contribution is 6.30. The smallest absolute Gasteiger partial charge is 0.344 e. The number of aromatic nitrogens is 11. The zero-order chi connectivity index (χ0) is 73.5. The maximum atomic E-state index is 12.2. The van der Waals surface area contributed by atoms with Crippen LogP contribution in [0.5, 0.6) is 5.88 Å². The average molecular weight is 1390 g/mol. The second kappa shape index (κ2) is 31.4. The summed E-state index contributed by atoms with van der Waals surface area (Å²) < 4.78 is 29.2. The van der Waals surface area contributed by atoms with E-state index in [1.54, 1.807) is 52.3 Å². The van der Waals surface area contributed by atoms with E-state index in [1.165, 1.54) is 29.3 Å². The number of ether oxygens (including phenoxy) is 5. The second-order valence-corrected chi connectivity index (χ2v) is 27.2. The zero-order valence-corrected chi connectivity index (χ0v) is 60.7. The number of aromatic amines is 4. The quantitative estimate of drug-likeness (QED) is 0.0575. The molecule has 0 radical (unpaired) electrons. The Hall–Kier alpha value is -9.73. The number of aliphatic hydroxyl groups excluding tert-OH is 3. The number of cyclic esters (lactones) is 1. The number of likely N-dealkylation sites (tertiary alicyclic amines) is 2. The molecule has 7 aromatic rings. The average Bonchev–Trinajstić information content (AvgIpc) is 1.72. The number of imide groups is 2. The number of amides is 4. The summed E-state index contributed by atoms with van der Waals surface area (Å²) in [5, 5.41) is 42.9. The number of fused-ring (bicyclic) bond motifs is 2. The van der Waals surface area contributed by atoms with Crippen LogP contribution in [-0.4, -0.2) is 139 Å². The number of benzene rings is 1. The van der Waals surface area contributed by atoms with E-state index in [0.717, 1.165) is 76.0 Å². The first-order valence-electron chi connectivity index (χ1n) is 33.0. The van der Waals surface area contributed by atoms with Gasteiger partial charge in [0.15, 0.2) is 22.9 Å². The standard InChI is InChI=1S/C14H19N5O3.C14H18N4O2.C10H9ClN2.C10H14O4.C9H14O2.C7H10O4.C6H10N2/c1-5-22-13-8(3)11-15-16-12(19(11)17-13)9(4)18-10(20)6-7(2)14(18)21;1-7-5-12(19)17(14(7)20)10(4)11-6-15-13-8(2)9(3)16-18(11)13;1-7-9(11)13-10(12-7)8-5-3-2-4-6-8;1-7-8(11)13-10(14-9(7)12)5-3-2-4-6-10;1-6-7(10)4-9(2,3)5-8(6)11;1-4-5(8)10-7(2,3)11-6(4)9;1-4-5(2)8-6(3)7-4/h7,9,17H,5-6H2,1-4H3;6-7,10,16H,5H2,1-4H3;2-6H,1H3,(H,12,13);11H,2-6H2,1H3;10H,4-5H2,1-3H3;8H,1-3H3;1-3H3,(H,7,8). The summed E-state index contributed by atoms with van der Waals surface area (Å²) in [6, 6.07) is 9.12. The summed E-state index contributed by atoms with van der Waals surface area (Å²) in [5.74, 6) is -1.30. The van der Waals surface area contributed by atoms with Crippen molar-refractivity contribution >= 4 is 64.2 Å². The van der Waals surface area contributed by atoms with Crippen LogP contribution in [0.25, 0.3) is 22.7 Å². The van der Waals surface area contributed by atoms with E-state index in [4.69, 9.17) is 40.4 Å². The maximum Gasteiger partial charge on any atom is 0.344 e. The van der Waals surface area contributed by atoms with Gasteiger partial charge in [-0.2, -0.15) is 0 Å². The molecule has 2 aliphatic carbocycles. The molecule has 0 bridgehead atoms. The fraction of sp³-hybridized carbons (Fsp3) is 0.514. The van der Waals surface area contributed by atoms with Crippen LogP contribution in [0, 0.1) is 65.7 Å². The van der Waals surface area contributed by atoms with Gasteiger partial charge in [0.2, 0.25) is 29.5 Å². The van der Waals surface area contributed by atoms with Gasteiger partial charge in [0, 0.05) is 92.3 Å². The van der Waals surface area contributed by atoms with Crippen LogP contribution in [0.1, 0.15) is 204 Å². The number of Topliss-reactive ketones (excluding diaryl/α,β-unsaturated/α-hetero) is 1. The third-order valence-electron chi connectivity index (χ3n) is 17.6. The molecule has 6 aromatic heterocycles. The lowest BCUT2D eigenvalue weighted by Crippen LogP contribution is -2.43. The van der Waals surface area contributed by atoms with Crippen LogP contribution in [0.2, 0.25) is 5.15 Å². The Morgan fingerprint density at radius 3 is 1.71 bits per heavy atom.